The van der Waals surface area contributed by atoms with Gasteiger partial charge in [-0.3, -0.25) is 4.79 Å². The summed E-state index contributed by atoms with van der Waals surface area (Å²) < 4.78 is 21.4. The van der Waals surface area contributed by atoms with E-state index in [1.54, 1.807) is 26.2 Å². The predicted octanol–water partition coefficient (Wildman–Crippen LogP) is 4.19. The number of amides is 1. The average Bonchev–Trinajstić information content (AvgIpc) is 3.17. The van der Waals surface area contributed by atoms with Crippen LogP contribution in [0.5, 0.6) is 5.75 Å². The number of methoxy groups -OCH3 is 1. The van der Waals surface area contributed by atoms with E-state index in [2.05, 4.69) is 4.57 Å². The van der Waals surface area contributed by atoms with Crippen LogP contribution in [0.25, 0.3) is 0 Å². The highest BCUT2D eigenvalue weighted by atomic mass is 19.1. The summed E-state index contributed by atoms with van der Waals surface area (Å²) >= 11 is 0. The van der Waals surface area contributed by atoms with Gasteiger partial charge in [-0.05, 0) is 48.9 Å². The second-order valence-corrected chi connectivity index (χ2v) is 6.73. The summed E-state index contributed by atoms with van der Waals surface area (Å²) in [5, 5.41) is 0. The molecule has 138 valence electrons. The molecule has 1 aromatic heterocycles. The molecule has 27 heavy (non-hydrogen) atoms. The number of benzene rings is 2. The van der Waals surface area contributed by atoms with Crippen LogP contribution in [0.1, 0.15) is 33.2 Å². The lowest BCUT2D eigenvalue weighted by Crippen LogP contribution is -2.42. The summed E-state index contributed by atoms with van der Waals surface area (Å²) in [5.41, 5.74) is 2.94. The van der Waals surface area contributed by atoms with Gasteiger partial charge in [0.2, 0.25) is 0 Å². The Labute approximate surface area is 157 Å². The number of carbonyl (C=O) groups is 1. The fourth-order valence-electron chi connectivity index (χ4n) is 3.77. The molecular formula is C22H21FN2O2. The normalized spacial score (nSPS) is 16.1. The van der Waals surface area contributed by atoms with Gasteiger partial charge in [0.15, 0.2) is 0 Å². The Balaban J connectivity index is 1.81. The Kier molecular flexibility index (Phi) is 4.44. The lowest BCUT2D eigenvalue weighted by molar-refractivity contribution is 0.0662. The molecule has 5 heteroatoms. The average molecular weight is 364 g/mol. The van der Waals surface area contributed by atoms with Crippen LogP contribution in [-0.4, -0.2) is 29.0 Å². The van der Waals surface area contributed by atoms with Crippen LogP contribution in [0.2, 0.25) is 0 Å². The third-order valence-corrected chi connectivity index (χ3v) is 5.14. The van der Waals surface area contributed by atoms with E-state index in [-0.39, 0.29) is 17.8 Å². The number of hydrogen-bond donors (Lipinski definition) is 0. The quantitative estimate of drug-likeness (QED) is 0.698. The lowest BCUT2D eigenvalue weighted by atomic mass is 9.97. The number of para-hydroxylation sites is 1. The van der Waals surface area contributed by atoms with Crippen LogP contribution < -0.4 is 4.74 Å². The molecule has 2 heterocycles. The molecule has 0 spiro atoms. The molecule has 1 aliphatic heterocycles. The summed E-state index contributed by atoms with van der Waals surface area (Å²) in [4.78, 5) is 15.2. The number of nitrogens with zero attached hydrogens (tertiary/aromatic N) is 2. The van der Waals surface area contributed by atoms with Crippen molar-refractivity contribution in [3.05, 3.63) is 89.0 Å². The summed E-state index contributed by atoms with van der Waals surface area (Å²) in [6.07, 6.45) is 2.03. The minimum atomic E-state index is -0.305. The fraction of sp³-hybridized carbons (Fsp3) is 0.227. The van der Waals surface area contributed by atoms with Gasteiger partial charge in [-0.15, -0.1) is 0 Å². The third kappa shape index (κ3) is 2.99. The van der Waals surface area contributed by atoms with Gasteiger partial charge in [-0.1, -0.05) is 18.2 Å². The molecule has 0 aliphatic carbocycles. The number of hydrogen-bond acceptors (Lipinski definition) is 2. The van der Waals surface area contributed by atoms with Gasteiger partial charge in [0.05, 0.1) is 7.11 Å². The van der Waals surface area contributed by atoms with Gasteiger partial charge in [0.25, 0.3) is 5.91 Å². The van der Waals surface area contributed by atoms with Crippen LogP contribution in [0.4, 0.5) is 4.39 Å². The molecule has 3 aromatic rings. The zero-order valence-electron chi connectivity index (χ0n) is 15.4. The van der Waals surface area contributed by atoms with Crippen molar-refractivity contribution in [3.63, 3.8) is 0 Å². The van der Waals surface area contributed by atoms with E-state index in [1.165, 1.54) is 6.07 Å². The minimum absolute atomic E-state index is 0.110. The van der Waals surface area contributed by atoms with Gasteiger partial charge < -0.3 is 14.2 Å². The number of halogens is 1. The zero-order valence-corrected chi connectivity index (χ0v) is 15.4. The molecule has 0 saturated heterocycles. The van der Waals surface area contributed by atoms with Gasteiger partial charge in [-0.25, -0.2) is 4.39 Å². The van der Waals surface area contributed by atoms with Gasteiger partial charge >= 0.3 is 0 Å². The van der Waals surface area contributed by atoms with E-state index in [4.69, 9.17) is 4.74 Å². The summed E-state index contributed by atoms with van der Waals surface area (Å²) in [6, 6.07) is 16.0. The van der Waals surface area contributed by atoms with Gasteiger partial charge in [0, 0.05) is 36.1 Å². The van der Waals surface area contributed by atoms with Crippen LogP contribution in [0.3, 0.4) is 0 Å². The first-order valence-corrected chi connectivity index (χ1v) is 8.95. The first kappa shape index (κ1) is 17.3. The molecule has 1 amide bonds. The Morgan fingerprint density at radius 3 is 2.70 bits per heavy atom. The molecule has 1 unspecified atom stereocenters. The van der Waals surface area contributed by atoms with E-state index >= 15 is 0 Å². The standard InChI is InChI=1S/C22H21FN2O2/c1-15-14-16(9-10-18(15)23)22(26)25-13-12-24-11-5-7-19(24)21(25)17-6-3-4-8-20(17)27-2/h3-11,14,21H,12-13H2,1-2H3. The highest BCUT2D eigenvalue weighted by molar-refractivity contribution is 5.95. The molecular weight excluding hydrogens is 343 g/mol. The molecule has 1 aliphatic rings. The topological polar surface area (TPSA) is 34.5 Å². The molecule has 2 aromatic carbocycles. The first-order valence-electron chi connectivity index (χ1n) is 8.95. The molecule has 0 saturated carbocycles. The number of ether oxygens (including phenoxy) is 1. The molecule has 4 rings (SSSR count). The maximum atomic E-state index is 13.7. The highest BCUT2D eigenvalue weighted by Crippen LogP contribution is 2.38. The van der Waals surface area contributed by atoms with Crippen molar-refractivity contribution >= 4 is 5.91 Å². The molecule has 0 radical (unpaired) electrons. The minimum Gasteiger partial charge on any atom is -0.496 e. The Morgan fingerprint density at radius 2 is 1.93 bits per heavy atom. The van der Waals surface area contributed by atoms with Crippen molar-refractivity contribution in [2.45, 2.75) is 19.5 Å². The van der Waals surface area contributed by atoms with E-state index in [0.29, 0.717) is 17.7 Å². The highest BCUT2D eigenvalue weighted by Gasteiger charge is 2.34. The Morgan fingerprint density at radius 1 is 1.11 bits per heavy atom. The second kappa shape index (κ2) is 6.91. The summed E-state index contributed by atoms with van der Waals surface area (Å²) in [5.74, 6) is 0.326. The van der Waals surface area contributed by atoms with E-state index in [9.17, 15) is 9.18 Å². The molecule has 1 atom stereocenters. The van der Waals surface area contributed by atoms with E-state index in [1.807, 2.05) is 47.5 Å². The zero-order chi connectivity index (χ0) is 19.0. The summed E-state index contributed by atoms with van der Waals surface area (Å²) in [6.45, 7) is 2.96. The van der Waals surface area contributed by atoms with Crippen LogP contribution in [-0.2, 0) is 6.54 Å². The van der Waals surface area contributed by atoms with Crippen molar-refractivity contribution in [3.8, 4) is 5.75 Å². The Bertz CT molecular complexity index is 995. The fourth-order valence-corrected chi connectivity index (χ4v) is 3.77. The van der Waals surface area contributed by atoms with Crippen molar-refractivity contribution in [2.24, 2.45) is 0 Å². The van der Waals surface area contributed by atoms with Gasteiger partial charge in [-0.2, -0.15) is 0 Å². The Hall–Kier alpha value is -3.08. The lowest BCUT2D eigenvalue weighted by Gasteiger charge is -2.38. The smallest absolute Gasteiger partial charge is 0.254 e. The van der Waals surface area contributed by atoms with Crippen LogP contribution in [0, 0.1) is 12.7 Å². The molecule has 0 N–H and O–H groups in total. The number of carbonyl (C=O) groups excluding carboxylic acids is 1. The maximum Gasteiger partial charge on any atom is 0.254 e. The van der Waals surface area contributed by atoms with Gasteiger partial charge in [0.1, 0.15) is 17.6 Å². The van der Waals surface area contributed by atoms with Crippen LogP contribution in [0.15, 0.2) is 60.8 Å². The molecule has 4 nitrogen and oxygen atoms in total. The maximum absolute atomic E-state index is 13.7. The van der Waals surface area contributed by atoms with Crippen molar-refractivity contribution in [1.29, 1.82) is 0 Å². The van der Waals surface area contributed by atoms with E-state index < -0.39 is 0 Å². The third-order valence-electron chi connectivity index (χ3n) is 5.14. The van der Waals surface area contributed by atoms with E-state index in [0.717, 1.165) is 23.6 Å². The van der Waals surface area contributed by atoms with Crippen molar-refractivity contribution in [2.75, 3.05) is 13.7 Å². The molecule has 0 fully saturated rings. The largest absolute Gasteiger partial charge is 0.496 e. The molecule has 0 bridgehead atoms. The number of aryl methyl sites for hydroxylation is 1. The van der Waals surface area contributed by atoms with Crippen molar-refractivity contribution in [1.82, 2.24) is 9.47 Å². The van der Waals surface area contributed by atoms with Crippen molar-refractivity contribution < 1.29 is 13.9 Å². The number of fused-ring (bicyclic) bond motifs is 1. The number of aromatic nitrogens is 1. The second-order valence-electron chi connectivity index (χ2n) is 6.73. The number of rotatable bonds is 3. The SMILES string of the molecule is COc1ccccc1C1c2cccn2CCN1C(=O)c1ccc(F)c(C)c1. The first-order chi connectivity index (χ1) is 13.1. The van der Waals surface area contributed by atoms with Crippen LogP contribution >= 0.6 is 0 Å². The predicted molar refractivity (Wildman–Crippen MR) is 101 cm³/mol. The summed E-state index contributed by atoms with van der Waals surface area (Å²) in [7, 11) is 1.64. The monoisotopic (exact) mass is 364 g/mol.